The predicted molar refractivity (Wildman–Crippen MR) is 82.2 cm³/mol. The number of halogens is 1. The van der Waals surface area contributed by atoms with Gasteiger partial charge in [0.2, 0.25) is 0 Å². The van der Waals surface area contributed by atoms with E-state index in [-0.39, 0.29) is 0 Å². The summed E-state index contributed by atoms with van der Waals surface area (Å²) in [5, 5.41) is 13.9. The van der Waals surface area contributed by atoms with Crippen molar-refractivity contribution in [1.29, 1.82) is 0 Å². The Morgan fingerprint density at radius 1 is 1.44 bits per heavy atom. The van der Waals surface area contributed by atoms with Crippen molar-refractivity contribution in [2.45, 2.75) is 44.0 Å². The molecule has 0 radical (unpaired) electrons. The van der Waals surface area contributed by atoms with Gasteiger partial charge in [-0.3, -0.25) is 0 Å². The molecule has 1 fully saturated rings. The Morgan fingerprint density at radius 2 is 2.28 bits per heavy atom. The number of hydrogen-bond acceptors (Lipinski definition) is 3. The molecule has 1 aromatic rings. The van der Waals surface area contributed by atoms with Crippen LogP contribution in [0.15, 0.2) is 22.7 Å². The zero-order valence-electron chi connectivity index (χ0n) is 10.7. The van der Waals surface area contributed by atoms with E-state index < -0.39 is 0 Å². The van der Waals surface area contributed by atoms with Crippen molar-refractivity contribution in [2.24, 2.45) is 0 Å². The molecular formula is C14H20BrNOS. The largest absolute Gasteiger partial charge is 0.507 e. The van der Waals surface area contributed by atoms with E-state index in [0.29, 0.717) is 11.8 Å². The third-order valence-corrected chi connectivity index (χ3v) is 5.26. The first-order chi connectivity index (χ1) is 8.69. The lowest BCUT2D eigenvalue weighted by molar-refractivity contribution is 0.471. The van der Waals surface area contributed by atoms with Gasteiger partial charge in [-0.2, -0.15) is 11.8 Å². The van der Waals surface area contributed by atoms with Gasteiger partial charge in [0.05, 0.1) is 4.47 Å². The standard InChI is InChI=1S/C14H20BrNOS/c1-2-18-12-5-4-11(8-12)16-9-10-3-6-14(17)13(15)7-10/h3,6-7,11-12,16-17H,2,4-5,8-9H2,1H3. The molecule has 2 nitrogen and oxygen atoms in total. The summed E-state index contributed by atoms with van der Waals surface area (Å²) in [6.45, 7) is 3.12. The summed E-state index contributed by atoms with van der Waals surface area (Å²) in [7, 11) is 0. The average molecular weight is 330 g/mol. The van der Waals surface area contributed by atoms with Gasteiger partial charge in [-0.05, 0) is 58.6 Å². The molecule has 100 valence electrons. The van der Waals surface area contributed by atoms with Crippen LogP contribution in [0.2, 0.25) is 0 Å². The second-order valence-electron chi connectivity index (χ2n) is 4.75. The lowest BCUT2D eigenvalue weighted by atomic mass is 10.2. The topological polar surface area (TPSA) is 32.3 Å². The molecule has 1 aliphatic carbocycles. The summed E-state index contributed by atoms with van der Waals surface area (Å²) in [6, 6.07) is 6.35. The first kappa shape index (κ1) is 14.2. The molecule has 2 rings (SSSR count). The van der Waals surface area contributed by atoms with Crippen molar-refractivity contribution in [3.63, 3.8) is 0 Å². The molecule has 0 aliphatic heterocycles. The van der Waals surface area contributed by atoms with Gasteiger partial charge < -0.3 is 10.4 Å². The van der Waals surface area contributed by atoms with Crippen molar-refractivity contribution in [3.8, 4) is 5.75 Å². The molecule has 2 unspecified atom stereocenters. The van der Waals surface area contributed by atoms with Crippen LogP contribution in [0.5, 0.6) is 5.75 Å². The number of phenolic OH excluding ortho intramolecular Hbond substituents is 1. The number of thioether (sulfide) groups is 1. The van der Waals surface area contributed by atoms with Crippen molar-refractivity contribution in [3.05, 3.63) is 28.2 Å². The molecule has 1 aliphatic rings. The highest BCUT2D eigenvalue weighted by Crippen LogP contribution is 2.30. The third-order valence-electron chi connectivity index (χ3n) is 3.39. The van der Waals surface area contributed by atoms with Gasteiger partial charge >= 0.3 is 0 Å². The first-order valence-corrected chi connectivity index (χ1v) is 8.35. The van der Waals surface area contributed by atoms with Crippen molar-refractivity contribution >= 4 is 27.7 Å². The lowest BCUT2D eigenvalue weighted by Crippen LogP contribution is -2.26. The Morgan fingerprint density at radius 3 is 3.00 bits per heavy atom. The monoisotopic (exact) mass is 329 g/mol. The van der Waals surface area contributed by atoms with Gasteiger partial charge in [0.15, 0.2) is 0 Å². The molecule has 1 saturated carbocycles. The van der Waals surface area contributed by atoms with Crippen LogP contribution in [0.3, 0.4) is 0 Å². The maximum Gasteiger partial charge on any atom is 0.129 e. The zero-order chi connectivity index (χ0) is 13.0. The maximum absolute atomic E-state index is 9.45. The van der Waals surface area contributed by atoms with E-state index in [1.54, 1.807) is 6.07 Å². The first-order valence-electron chi connectivity index (χ1n) is 6.51. The highest BCUT2D eigenvalue weighted by atomic mass is 79.9. The number of nitrogens with one attached hydrogen (secondary N) is 1. The van der Waals surface area contributed by atoms with Gasteiger partial charge in [0, 0.05) is 17.8 Å². The number of hydrogen-bond donors (Lipinski definition) is 2. The van der Waals surface area contributed by atoms with Gasteiger partial charge in [0.1, 0.15) is 5.75 Å². The van der Waals surface area contributed by atoms with Crippen LogP contribution in [0.1, 0.15) is 31.7 Å². The molecule has 2 atom stereocenters. The van der Waals surface area contributed by atoms with Crippen LogP contribution in [0.4, 0.5) is 0 Å². The number of benzene rings is 1. The Hall–Kier alpha value is -0.190. The highest BCUT2D eigenvalue weighted by Gasteiger charge is 2.23. The molecule has 18 heavy (non-hydrogen) atoms. The highest BCUT2D eigenvalue weighted by molar-refractivity contribution is 9.10. The van der Waals surface area contributed by atoms with Crippen molar-refractivity contribution in [2.75, 3.05) is 5.75 Å². The third kappa shape index (κ3) is 3.90. The van der Waals surface area contributed by atoms with Crippen molar-refractivity contribution in [1.82, 2.24) is 5.32 Å². The fourth-order valence-electron chi connectivity index (χ4n) is 2.44. The molecular weight excluding hydrogens is 310 g/mol. The summed E-state index contributed by atoms with van der Waals surface area (Å²) in [5.41, 5.74) is 1.21. The Bertz CT molecular complexity index is 399. The van der Waals surface area contributed by atoms with Crippen LogP contribution < -0.4 is 5.32 Å². The molecule has 0 aromatic heterocycles. The minimum Gasteiger partial charge on any atom is -0.507 e. The molecule has 2 N–H and O–H groups in total. The van der Waals surface area contributed by atoms with Crippen molar-refractivity contribution < 1.29 is 5.11 Å². The quantitative estimate of drug-likeness (QED) is 0.858. The van der Waals surface area contributed by atoms with Gasteiger partial charge in [-0.15, -0.1) is 0 Å². The van der Waals surface area contributed by atoms with Crippen LogP contribution in [-0.2, 0) is 6.54 Å². The van der Waals surface area contributed by atoms with Gasteiger partial charge in [-0.1, -0.05) is 13.0 Å². The lowest BCUT2D eigenvalue weighted by Gasteiger charge is -2.13. The predicted octanol–water partition coefficient (Wildman–Crippen LogP) is 3.92. The van der Waals surface area contributed by atoms with Gasteiger partial charge in [0.25, 0.3) is 0 Å². The Balaban J connectivity index is 1.80. The smallest absolute Gasteiger partial charge is 0.129 e. The zero-order valence-corrected chi connectivity index (χ0v) is 13.1. The second-order valence-corrected chi connectivity index (χ2v) is 7.19. The van der Waals surface area contributed by atoms with Crippen LogP contribution in [0.25, 0.3) is 0 Å². The number of phenols is 1. The van der Waals surface area contributed by atoms with Gasteiger partial charge in [-0.25, -0.2) is 0 Å². The second kappa shape index (κ2) is 6.83. The minimum atomic E-state index is 0.305. The summed E-state index contributed by atoms with van der Waals surface area (Å²) < 4.78 is 0.771. The minimum absolute atomic E-state index is 0.305. The van der Waals surface area contributed by atoms with E-state index in [0.717, 1.165) is 16.3 Å². The Labute approximate surface area is 122 Å². The summed E-state index contributed by atoms with van der Waals surface area (Å²) in [4.78, 5) is 0. The van der Waals surface area contributed by atoms with E-state index >= 15 is 0 Å². The molecule has 0 heterocycles. The molecule has 1 aromatic carbocycles. The summed E-state index contributed by atoms with van der Waals surface area (Å²) in [5.74, 6) is 1.53. The van der Waals surface area contributed by atoms with E-state index in [4.69, 9.17) is 0 Å². The molecule has 0 amide bonds. The van der Waals surface area contributed by atoms with Crippen LogP contribution in [0, 0.1) is 0 Å². The molecule has 0 saturated heterocycles. The van der Waals surface area contributed by atoms with Crippen LogP contribution >= 0.6 is 27.7 Å². The number of aromatic hydroxyl groups is 1. The fraction of sp³-hybridized carbons (Fsp3) is 0.571. The van der Waals surface area contributed by atoms with E-state index in [1.807, 2.05) is 12.1 Å². The van der Waals surface area contributed by atoms with Crippen LogP contribution in [-0.4, -0.2) is 22.2 Å². The average Bonchev–Trinajstić information content (AvgIpc) is 2.79. The summed E-state index contributed by atoms with van der Waals surface area (Å²) in [6.07, 6.45) is 3.92. The fourth-order valence-corrected chi connectivity index (χ4v) is 4.00. The normalized spacial score (nSPS) is 23.4. The van der Waals surface area contributed by atoms with E-state index in [9.17, 15) is 5.11 Å². The SMILES string of the molecule is CCSC1CCC(NCc2ccc(O)c(Br)c2)C1. The maximum atomic E-state index is 9.45. The Kier molecular flexibility index (Phi) is 5.39. The molecule has 0 spiro atoms. The molecule has 0 bridgehead atoms. The molecule has 4 heteroatoms. The number of rotatable bonds is 5. The van der Waals surface area contributed by atoms with E-state index in [2.05, 4.69) is 39.9 Å². The summed E-state index contributed by atoms with van der Waals surface area (Å²) >= 11 is 5.44. The van der Waals surface area contributed by atoms with E-state index in [1.165, 1.54) is 30.6 Å².